The number of rotatable bonds is 4. The zero-order valence-corrected chi connectivity index (χ0v) is 14.9. The van der Waals surface area contributed by atoms with Gasteiger partial charge in [-0.3, -0.25) is 0 Å². The molecule has 0 spiro atoms. The van der Waals surface area contributed by atoms with Crippen molar-refractivity contribution in [2.24, 2.45) is 5.73 Å². The summed E-state index contributed by atoms with van der Waals surface area (Å²) in [6, 6.07) is 3.05. The highest BCUT2D eigenvalue weighted by Crippen LogP contribution is 2.37. The van der Waals surface area contributed by atoms with Crippen molar-refractivity contribution < 1.29 is 17.9 Å². The minimum atomic E-state index is -3.71. The second kappa shape index (κ2) is 6.70. The number of hydrogen-bond donors (Lipinski definition) is 2. The molecule has 0 unspecified atom stereocenters. The molecular formula is C12H18BrClN2O4S. The number of sulfonamides is 1. The van der Waals surface area contributed by atoms with Crippen LogP contribution in [0.2, 0.25) is 0 Å². The van der Waals surface area contributed by atoms with E-state index in [1.165, 1.54) is 6.07 Å². The molecule has 9 heteroatoms. The lowest BCUT2D eigenvalue weighted by Crippen LogP contribution is -2.48. The van der Waals surface area contributed by atoms with Crippen molar-refractivity contribution in [1.82, 2.24) is 4.72 Å². The quantitative estimate of drug-likeness (QED) is 0.800. The van der Waals surface area contributed by atoms with E-state index in [4.69, 9.17) is 15.2 Å². The molecule has 1 aliphatic heterocycles. The summed E-state index contributed by atoms with van der Waals surface area (Å²) in [6.45, 7) is 4.47. The summed E-state index contributed by atoms with van der Waals surface area (Å²) >= 11 is 3.25. The molecule has 21 heavy (non-hydrogen) atoms. The maximum Gasteiger partial charge on any atom is 0.242 e. The van der Waals surface area contributed by atoms with Crippen molar-refractivity contribution in [3.05, 3.63) is 16.6 Å². The zero-order valence-electron chi connectivity index (χ0n) is 11.7. The number of hydrogen-bond acceptors (Lipinski definition) is 5. The molecule has 6 nitrogen and oxygen atoms in total. The number of ether oxygens (including phenoxy) is 2. The normalized spacial score (nSPS) is 14.5. The van der Waals surface area contributed by atoms with E-state index in [9.17, 15) is 8.42 Å². The van der Waals surface area contributed by atoms with Crippen LogP contribution in [0.4, 0.5) is 0 Å². The maximum atomic E-state index is 12.4. The first-order valence-corrected chi connectivity index (χ1v) is 8.36. The van der Waals surface area contributed by atoms with Gasteiger partial charge in [0.25, 0.3) is 0 Å². The molecule has 0 amide bonds. The van der Waals surface area contributed by atoms with Crippen LogP contribution in [-0.4, -0.2) is 33.7 Å². The predicted molar refractivity (Wildman–Crippen MR) is 85.8 cm³/mol. The number of nitrogens with two attached hydrogens (primary N) is 1. The third-order valence-electron chi connectivity index (χ3n) is 2.81. The fourth-order valence-corrected chi connectivity index (χ4v) is 4.17. The molecule has 0 radical (unpaired) electrons. The molecule has 0 atom stereocenters. The van der Waals surface area contributed by atoms with Crippen LogP contribution in [0.15, 0.2) is 21.5 Å². The first kappa shape index (κ1) is 18.5. The summed E-state index contributed by atoms with van der Waals surface area (Å²) < 4.78 is 38.6. The molecule has 0 aliphatic carbocycles. The van der Waals surface area contributed by atoms with Gasteiger partial charge in [-0.2, -0.15) is 0 Å². The zero-order chi connectivity index (χ0) is 15.0. The summed E-state index contributed by atoms with van der Waals surface area (Å²) in [5, 5.41) is 0. The summed E-state index contributed by atoms with van der Waals surface area (Å²) in [6.07, 6.45) is 0. The van der Waals surface area contributed by atoms with Gasteiger partial charge in [0.1, 0.15) is 18.1 Å². The van der Waals surface area contributed by atoms with E-state index in [0.717, 1.165) is 0 Å². The van der Waals surface area contributed by atoms with E-state index < -0.39 is 15.6 Å². The van der Waals surface area contributed by atoms with Gasteiger partial charge in [0.05, 0.1) is 0 Å². The van der Waals surface area contributed by atoms with E-state index >= 15 is 0 Å². The molecule has 0 saturated heterocycles. The van der Waals surface area contributed by atoms with Crippen LogP contribution in [0.1, 0.15) is 13.8 Å². The van der Waals surface area contributed by atoms with Crippen LogP contribution < -0.4 is 19.9 Å². The Labute approximate surface area is 139 Å². The van der Waals surface area contributed by atoms with E-state index in [2.05, 4.69) is 20.7 Å². The van der Waals surface area contributed by atoms with Crippen LogP contribution in [0.5, 0.6) is 11.5 Å². The Balaban J connectivity index is 0.00000220. The van der Waals surface area contributed by atoms with Gasteiger partial charge in [-0.1, -0.05) is 0 Å². The summed E-state index contributed by atoms with van der Waals surface area (Å²) in [4.78, 5) is 0.100. The molecule has 2 rings (SSSR count). The lowest BCUT2D eigenvalue weighted by atomic mass is 10.1. The molecular weight excluding hydrogens is 384 g/mol. The Morgan fingerprint density at radius 1 is 1.29 bits per heavy atom. The van der Waals surface area contributed by atoms with Gasteiger partial charge >= 0.3 is 0 Å². The number of halogens is 2. The molecule has 1 heterocycles. The van der Waals surface area contributed by atoms with Crippen LogP contribution in [0, 0.1) is 0 Å². The summed E-state index contributed by atoms with van der Waals surface area (Å²) in [5.74, 6) is 0.950. The fourth-order valence-electron chi connectivity index (χ4n) is 1.71. The molecule has 0 bridgehead atoms. The number of benzene rings is 1. The molecule has 0 fully saturated rings. The van der Waals surface area contributed by atoms with Gasteiger partial charge in [-0.25, -0.2) is 13.1 Å². The Morgan fingerprint density at radius 3 is 2.33 bits per heavy atom. The van der Waals surface area contributed by atoms with Gasteiger partial charge in [-0.15, -0.1) is 12.4 Å². The molecule has 1 aromatic carbocycles. The fraction of sp³-hybridized carbons (Fsp3) is 0.500. The average Bonchev–Trinajstić information content (AvgIpc) is 2.36. The maximum absolute atomic E-state index is 12.4. The van der Waals surface area contributed by atoms with Crippen LogP contribution in [-0.2, 0) is 10.0 Å². The summed E-state index contributed by atoms with van der Waals surface area (Å²) in [7, 11) is -3.71. The monoisotopic (exact) mass is 400 g/mol. The van der Waals surface area contributed by atoms with E-state index in [1.54, 1.807) is 19.9 Å². The summed E-state index contributed by atoms with van der Waals surface area (Å²) in [5.41, 5.74) is 4.83. The second-order valence-corrected chi connectivity index (χ2v) is 7.62. The van der Waals surface area contributed by atoms with Crippen molar-refractivity contribution in [3.63, 3.8) is 0 Å². The molecule has 0 saturated carbocycles. The Morgan fingerprint density at radius 2 is 1.81 bits per heavy atom. The smallest absolute Gasteiger partial charge is 0.242 e. The van der Waals surface area contributed by atoms with Gasteiger partial charge in [0.2, 0.25) is 10.0 Å². The number of fused-ring (bicyclic) bond motifs is 1. The van der Waals surface area contributed by atoms with E-state index in [-0.39, 0.29) is 23.8 Å². The van der Waals surface area contributed by atoms with Gasteiger partial charge in [0, 0.05) is 22.6 Å². The SMILES string of the molecule is CC(C)(CN)NS(=O)(=O)c1cc2c(cc1Br)OCCO2.Cl. The standard InChI is InChI=1S/C12H17BrN2O4S.ClH/c1-12(2,7-14)15-20(16,17)11-6-10-9(5-8(11)13)18-3-4-19-10;/h5-6,15H,3-4,7,14H2,1-2H3;1H. The van der Waals surface area contributed by atoms with Crippen molar-refractivity contribution in [1.29, 1.82) is 0 Å². The molecule has 0 aromatic heterocycles. The molecule has 1 aliphatic rings. The van der Waals surface area contributed by atoms with E-state index in [0.29, 0.717) is 29.2 Å². The van der Waals surface area contributed by atoms with Gasteiger partial charge < -0.3 is 15.2 Å². The minimum absolute atomic E-state index is 0. The second-order valence-electron chi connectivity index (χ2n) is 5.12. The predicted octanol–water partition coefficient (Wildman–Crippen LogP) is 1.66. The number of nitrogens with one attached hydrogen (secondary N) is 1. The highest BCUT2D eigenvalue weighted by Gasteiger charge is 2.28. The molecule has 3 N–H and O–H groups in total. The highest BCUT2D eigenvalue weighted by atomic mass is 79.9. The van der Waals surface area contributed by atoms with Crippen LogP contribution >= 0.6 is 28.3 Å². The first-order valence-electron chi connectivity index (χ1n) is 6.08. The lowest BCUT2D eigenvalue weighted by Gasteiger charge is -2.25. The van der Waals surface area contributed by atoms with Crippen LogP contribution in [0.25, 0.3) is 0 Å². The topological polar surface area (TPSA) is 90.7 Å². The van der Waals surface area contributed by atoms with Gasteiger partial charge in [-0.05, 0) is 35.8 Å². The first-order chi connectivity index (χ1) is 9.25. The Bertz CT molecular complexity index is 622. The minimum Gasteiger partial charge on any atom is -0.486 e. The van der Waals surface area contributed by atoms with Crippen molar-refractivity contribution in [2.45, 2.75) is 24.3 Å². The van der Waals surface area contributed by atoms with Crippen molar-refractivity contribution in [3.8, 4) is 11.5 Å². The van der Waals surface area contributed by atoms with Gasteiger partial charge in [0.15, 0.2) is 11.5 Å². The molecule has 1 aromatic rings. The highest BCUT2D eigenvalue weighted by molar-refractivity contribution is 9.10. The Hall–Kier alpha value is -0.540. The van der Waals surface area contributed by atoms with Crippen molar-refractivity contribution >= 4 is 38.4 Å². The Kier molecular flexibility index (Phi) is 5.91. The third kappa shape index (κ3) is 4.23. The molecule has 120 valence electrons. The lowest BCUT2D eigenvalue weighted by molar-refractivity contribution is 0.171. The third-order valence-corrected chi connectivity index (χ3v) is 5.46. The van der Waals surface area contributed by atoms with Crippen molar-refractivity contribution in [2.75, 3.05) is 19.8 Å². The van der Waals surface area contributed by atoms with E-state index in [1.807, 2.05) is 0 Å². The largest absolute Gasteiger partial charge is 0.486 e. The van der Waals surface area contributed by atoms with Crippen LogP contribution in [0.3, 0.4) is 0 Å². The average molecular weight is 402 g/mol.